The van der Waals surface area contributed by atoms with E-state index in [2.05, 4.69) is 22.6 Å². The Morgan fingerprint density at radius 1 is 1.00 bits per heavy atom. The van der Waals surface area contributed by atoms with Gasteiger partial charge in [0, 0.05) is 17.8 Å². The highest BCUT2D eigenvalue weighted by Gasteiger charge is 2.35. The van der Waals surface area contributed by atoms with Crippen molar-refractivity contribution in [3.63, 3.8) is 0 Å². The molecular weight excluding hydrogens is 452 g/mol. The van der Waals surface area contributed by atoms with Crippen LogP contribution in [-0.4, -0.2) is 34.7 Å². The van der Waals surface area contributed by atoms with Gasteiger partial charge in [0.1, 0.15) is 5.75 Å². The zero-order valence-electron chi connectivity index (χ0n) is 20.3. The first-order valence-electron chi connectivity index (χ1n) is 12.0. The Bertz CT molecular complexity index is 1370. The first-order chi connectivity index (χ1) is 17.6. The van der Waals surface area contributed by atoms with Crippen LogP contribution in [0, 0.1) is 0 Å². The van der Waals surface area contributed by atoms with E-state index in [9.17, 15) is 4.79 Å². The molecule has 2 amide bonds. The third-order valence-corrected chi connectivity index (χ3v) is 6.40. The summed E-state index contributed by atoms with van der Waals surface area (Å²) in [6.45, 7) is 2.52. The topological polar surface area (TPSA) is 80.5 Å². The Labute approximate surface area is 210 Å². The lowest BCUT2D eigenvalue weighted by molar-refractivity contribution is 0.204. The number of benzene rings is 3. The van der Waals surface area contributed by atoms with E-state index < -0.39 is 6.04 Å². The second kappa shape index (κ2) is 10.5. The van der Waals surface area contributed by atoms with Gasteiger partial charge >= 0.3 is 6.03 Å². The molecule has 0 bridgehead atoms. The van der Waals surface area contributed by atoms with Gasteiger partial charge in [-0.05, 0) is 43.0 Å². The maximum Gasteiger partial charge on any atom is 0.322 e. The average Bonchev–Trinajstić information content (AvgIpc) is 3.41. The minimum Gasteiger partial charge on any atom is -0.497 e. The lowest BCUT2D eigenvalue weighted by atomic mass is 9.94. The highest BCUT2D eigenvalue weighted by Crippen LogP contribution is 2.37. The first kappa shape index (κ1) is 23.4. The number of rotatable bonds is 8. The van der Waals surface area contributed by atoms with E-state index in [4.69, 9.17) is 14.2 Å². The molecule has 0 saturated carbocycles. The Morgan fingerprint density at radius 2 is 1.75 bits per heavy atom. The molecule has 1 aromatic heterocycles. The molecule has 3 aromatic carbocycles. The fourth-order valence-corrected chi connectivity index (χ4v) is 4.52. The molecule has 7 heteroatoms. The summed E-state index contributed by atoms with van der Waals surface area (Å²) in [5.74, 6) is 1.56. The minimum absolute atomic E-state index is 0.134. The molecule has 0 aliphatic carbocycles. The van der Waals surface area contributed by atoms with Crippen molar-refractivity contribution in [2.45, 2.75) is 25.8 Å². The van der Waals surface area contributed by atoms with Gasteiger partial charge < -0.3 is 14.6 Å². The van der Waals surface area contributed by atoms with Crippen LogP contribution in [0.25, 0.3) is 17.0 Å². The van der Waals surface area contributed by atoms with Gasteiger partial charge in [-0.15, -0.1) is 0 Å². The summed E-state index contributed by atoms with van der Waals surface area (Å²) in [5, 5.41) is 7.40. The Kier molecular flexibility index (Phi) is 6.80. The summed E-state index contributed by atoms with van der Waals surface area (Å²) in [4.78, 5) is 19.7. The molecule has 4 aromatic rings. The molecular formula is C29H28N4O3. The minimum atomic E-state index is -0.400. The molecule has 5 rings (SSSR count). The van der Waals surface area contributed by atoms with Crippen LogP contribution in [0.4, 0.5) is 4.79 Å². The van der Waals surface area contributed by atoms with Gasteiger partial charge in [-0.2, -0.15) is 4.98 Å². The Balaban J connectivity index is 1.48. The molecule has 1 N–H and O–H groups in total. The number of nitrogens with zero attached hydrogens (tertiary/aromatic N) is 3. The summed E-state index contributed by atoms with van der Waals surface area (Å²) >= 11 is 0. The van der Waals surface area contributed by atoms with Gasteiger partial charge in [-0.1, -0.05) is 78.0 Å². The number of urea groups is 1. The number of carbonyl (C=O) groups is 1. The quantitative estimate of drug-likeness (QED) is 0.341. The number of aryl methyl sites for hydroxylation is 1. The van der Waals surface area contributed by atoms with Crippen LogP contribution in [0.15, 0.2) is 95.1 Å². The predicted molar refractivity (Wildman–Crippen MR) is 138 cm³/mol. The molecule has 1 atom stereocenters. The van der Waals surface area contributed by atoms with Gasteiger partial charge in [-0.25, -0.2) is 4.79 Å². The SMILES string of the molecule is COc1cccc(-c2noc(C3=C(C)N(CCCc4ccccc4)C(=O)NC3c3ccccc3)n2)c1. The van der Waals surface area contributed by atoms with Crippen LogP contribution < -0.4 is 10.1 Å². The van der Waals surface area contributed by atoms with Gasteiger partial charge in [0.2, 0.25) is 5.82 Å². The molecule has 2 heterocycles. The number of carbonyl (C=O) groups excluding carboxylic acids is 1. The van der Waals surface area contributed by atoms with Gasteiger partial charge in [0.25, 0.3) is 5.89 Å². The number of hydrogen-bond acceptors (Lipinski definition) is 5. The van der Waals surface area contributed by atoms with E-state index in [1.807, 2.05) is 79.7 Å². The number of hydrogen-bond donors (Lipinski definition) is 1. The maximum absolute atomic E-state index is 13.2. The fraction of sp³-hybridized carbons (Fsp3) is 0.207. The maximum atomic E-state index is 13.2. The van der Waals surface area contributed by atoms with Crippen LogP contribution >= 0.6 is 0 Å². The summed E-state index contributed by atoms with van der Waals surface area (Å²) in [5.41, 5.74) is 4.59. The van der Waals surface area contributed by atoms with Gasteiger partial charge in [0.15, 0.2) is 0 Å². The Hall–Kier alpha value is -4.39. The third kappa shape index (κ3) is 4.86. The van der Waals surface area contributed by atoms with Crippen LogP contribution in [0.1, 0.15) is 36.4 Å². The average molecular weight is 481 g/mol. The summed E-state index contributed by atoms with van der Waals surface area (Å²) in [6.07, 6.45) is 1.72. The van der Waals surface area contributed by atoms with Crippen LogP contribution in [0.3, 0.4) is 0 Å². The van der Waals surface area contributed by atoms with Crippen molar-refractivity contribution in [3.8, 4) is 17.1 Å². The summed E-state index contributed by atoms with van der Waals surface area (Å²) in [6, 6.07) is 27.1. The fourth-order valence-electron chi connectivity index (χ4n) is 4.52. The lowest BCUT2D eigenvalue weighted by Crippen LogP contribution is -2.46. The van der Waals surface area contributed by atoms with Crippen molar-refractivity contribution >= 4 is 11.6 Å². The molecule has 1 unspecified atom stereocenters. The first-order valence-corrected chi connectivity index (χ1v) is 12.0. The van der Waals surface area contributed by atoms with Crippen LogP contribution in [0.2, 0.25) is 0 Å². The van der Waals surface area contributed by atoms with E-state index in [1.165, 1.54) is 5.56 Å². The van der Waals surface area contributed by atoms with Crippen molar-refractivity contribution < 1.29 is 14.1 Å². The monoisotopic (exact) mass is 480 g/mol. The summed E-state index contributed by atoms with van der Waals surface area (Å²) < 4.78 is 11.1. The molecule has 36 heavy (non-hydrogen) atoms. The van der Waals surface area contributed by atoms with Crippen molar-refractivity contribution in [1.82, 2.24) is 20.4 Å². The molecule has 0 saturated heterocycles. The van der Waals surface area contributed by atoms with E-state index in [0.717, 1.165) is 35.2 Å². The second-order valence-electron chi connectivity index (χ2n) is 8.69. The van der Waals surface area contributed by atoms with Gasteiger partial charge in [-0.3, -0.25) is 4.90 Å². The van der Waals surface area contributed by atoms with E-state index >= 15 is 0 Å². The molecule has 0 radical (unpaired) electrons. The van der Waals surface area contributed by atoms with Crippen LogP contribution in [-0.2, 0) is 6.42 Å². The molecule has 1 aliphatic heterocycles. The van der Waals surface area contributed by atoms with Gasteiger partial charge in [0.05, 0.1) is 18.7 Å². The number of amides is 2. The number of allylic oxidation sites excluding steroid dienone is 1. The zero-order valence-corrected chi connectivity index (χ0v) is 20.3. The molecule has 0 spiro atoms. The summed E-state index contributed by atoms with van der Waals surface area (Å²) in [7, 11) is 1.62. The number of aromatic nitrogens is 2. The highest BCUT2D eigenvalue weighted by atomic mass is 16.5. The van der Waals surface area contributed by atoms with Crippen LogP contribution in [0.5, 0.6) is 5.75 Å². The normalized spacial score (nSPS) is 15.7. The predicted octanol–water partition coefficient (Wildman–Crippen LogP) is 5.88. The molecule has 1 aliphatic rings. The number of ether oxygens (including phenoxy) is 1. The molecule has 182 valence electrons. The second-order valence-corrected chi connectivity index (χ2v) is 8.69. The standard InChI is InChI=1S/C29H28N4O3/c1-20-25(28-31-27(32-36-28)23-16-9-17-24(19-23)35-2)26(22-14-7-4-8-15-22)30-29(34)33(20)18-10-13-21-11-5-3-6-12-21/h3-9,11-12,14-17,19,26H,10,13,18H2,1-2H3,(H,30,34). The third-order valence-electron chi connectivity index (χ3n) is 6.40. The van der Waals surface area contributed by atoms with Crippen molar-refractivity contribution in [3.05, 3.63) is 108 Å². The zero-order chi connectivity index (χ0) is 24.9. The lowest BCUT2D eigenvalue weighted by Gasteiger charge is -2.35. The highest BCUT2D eigenvalue weighted by molar-refractivity contribution is 5.86. The van der Waals surface area contributed by atoms with Crippen molar-refractivity contribution in [1.29, 1.82) is 0 Å². The largest absolute Gasteiger partial charge is 0.497 e. The van der Waals surface area contributed by atoms with Crippen molar-refractivity contribution in [2.75, 3.05) is 13.7 Å². The Morgan fingerprint density at radius 3 is 2.50 bits per heavy atom. The van der Waals surface area contributed by atoms with E-state index in [-0.39, 0.29) is 6.03 Å². The smallest absolute Gasteiger partial charge is 0.322 e. The number of methoxy groups -OCH3 is 1. The number of nitrogens with one attached hydrogen (secondary N) is 1. The van der Waals surface area contributed by atoms with E-state index in [0.29, 0.717) is 24.0 Å². The van der Waals surface area contributed by atoms with E-state index in [1.54, 1.807) is 12.0 Å². The molecule has 0 fully saturated rings. The van der Waals surface area contributed by atoms with Crippen molar-refractivity contribution in [2.24, 2.45) is 0 Å². The molecule has 7 nitrogen and oxygen atoms in total.